The summed E-state index contributed by atoms with van der Waals surface area (Å²) in [4.78, 5) is 4.45. The Balaban J connectivity index is 1.96. The molecule has 0 unspecified atom stereocenters. The fraction of sp³-hybridized carbons (Fsp3) is 0.467. The van der Waals surface area contributed by atoms with Gasteiger partial charge in [0.15, 0.2) is 5.82 Å². The average molecular weight is 356 g/mol. The molecule has 1 aromatic carbocycles. The van der Waals surface area contributed by atoms with Crippen molar-refractivity contribution in [3.05, 3.63) is 41.0 Å². The predicted molar refractivity (Wildman–Crippen MR) is 85.6 cm³/mol. The third-order valence-electron chi connectivity index (χ3n) is 4.12. The highest BCUT2D eigenvalue weighted by molar-refractivity contribution is 7.89. The number of hydrogen-bond donors (Lipinski definition) is 1. The van der Waals surface area contributed by atoms with Gasteiger partial charge in [0.2, 0.25) is 15.9 Å². The summed E-state index contributed by atoms with van der Waals surface area (Å²) >= 11 is 5.83. The highest BCUT2D eigenvalue weighted by Crippen LogP contribution is 2.37. The second-order valence-corrected chi connectivity index (χ2v) is 7.96. The summed E-state index contributed by atoms with van der Waals surface area (Å²) in [5, 5.41) is 4.46. The second kappa shape index (κ2) is 6.22. The molecular weight excluding hydrogens is 338 g/mol. The zero-order valence-electron chi connectivity index (χ0n) is 12.8. The Morgan fingerprint density at radius 1 is 1.17 bits per heavy atom. The van der Waals surface area contributed by atoms with E-state index in [4.69, 9.17) is 16.1 Å². The number of aromatic nitrogens is 2. The zero-order chi connectivity index (χ0) is 16.5. The lowest BCUT2D eigenvalue weighted by molar-refractivity contribution is 0.248. The van der Waals surface area contributed by atoms with Crippen molar-refractivity contribution in [2.45, 2.75) is 49.5 Å². The molecule has 0 bridgehead atoms. The van der Waals surface area contributed by atoms with E-state index in [-0.39, 0.29) is 4.90 Å². The minimum Gasteiger partial charge on any atom is -0.340 e. The van der Waals surface area contributed by atoms with Gasteiger partial charge in [0.25, 0.3) is 0 Å². The van der Waals surface area contributed by atoms with Crippen LogP contribution in [0.1, 0.15) is 43.8 Å². The predicted octanol–water partition coefficient (Wildman–Crippen LogP) is 3.17. The van der Waals surface area contributed by atoms with Crippen LogP contribution in [0, 0.1) is 6.92 Å². The highest BCUT2D eigenvalue weighted by Gasteiger charge is 2.41. The molecule has 124 valence electrons. The van der Waals surface area contributed by atoms with Gasteiger partial charge in [-0.2, -0.15) is 9.71 Å². The van der Waals surface area contributed by atoms with E-state index >= 15 is 0 Å². The summed E-state index contributed by atoms with van der Waals surface area (Å²) in [5.41, 5.74) is -0.811. The first kappa shape index (κ1) is 16.4. The first-order valence-corrected chi connectivity index (χ1v) is 9.38. The van der Waals surface area contributed by atoms with E-state index in [1.165, 1.54) is 12.1 Å². The number of benzene rings is 1. The fourth-order valence-electron chi connectivity index (χ4n) is 2.95. The van der Waals surface area contributed by atoms with Crippen LogP contribution in [0.25, 0.3) is 0 Å². The summed E-state index contributed by atoms with van der Waals surface area (Å²) in [5.74, 6) is 0.836. The van der Waals surface area contributed by atoms with Crippen molar-refractivity contribution >= 4 is 21.6 Å². The Morgan fingerprint density at radius 2 is 1.83 bits per heavy atom. The van der Waals surface area contributed by atoms with Crippen molar-refractivity contribution in [3.63, 3.8) is 0 Å². The molecule has 1 aliphatic rings. The molecule has 0 amide bonds. The lowest BCUT2D eigenvalue weighted by Crippen LogP contribution is -2.47. The Bertz CT molecular complexity index is 781. The number of rotatable bonds is 4. The van der Waals surface area contributed by atoms with Crippen molar-refractivity contribution < 1.29 is 12.9 Å². The largest absolute Gasteiger partial charge is 0.340 e. The third kappa shape index (κ3) is 3.41. The van der Waals surface area contributed by atoms with E-state index in [2.05, 4.69) is 14.9 Å². The molecule has 1 aliphatic carbocycles. The first-order valence-electron chi connectivity index (χ1n) is 7.52. The summed E-state index contributed by atoms with van der Waals surface area (Å²) in [7, 11) is -3.70. The van der Waals surface area contributed by atoms with Crippen molar-refractivity contribution in [3.8, 4) is 0 Å². The Labute approximate surface area is 140 Å². The fourth-order valence-corrected chi connectivity index (χ4v) is 4.50. The maximum absolute atomic E-state index is 12.8. The normalized spacial score (nSPS) is 18.0. The number of aryl methyl sites for hydroxylation is 1. The quantitative estimate of drug-likeness (QED) is 0.910. The second-order valence-electron chi connectivity index (χ2n) is 5.84. The van der Waals surface area contributed by atoms with Crippen molar-refractivity contribution in [1.29, 1.82) is 0 Å². The molecule has 1 aromatic heterocycles. The monoisotopic (exact) mass is 355 g/mol. The van der Waals surface area contributed by atoms with E-state index in [0.717, 1.165) is 19.3 Å². The highest BCUT2D eigenvalue weighted by atomic mass is 35.5. The van der Waals surface area contributed by atoms with Crippen LogP contribution >= 0.6 is 11.6 Å². The molecule has 1 heterocycles. The van der Waals surface area contributed by atoms with E-state index in [1.54, 1.807) is 19.1 Å². The molecule has 1 N–H and O–H groups in total. The molecule has 3 rings (SSSR count). The minimum atomic E-state index is -3.70. The maximum atomic E-state index is 12.8. The van der Waals surface area contributed by atoms with Crippen LogP contribution in [-0.4, -0.2) is 18.6 Å². The summed E-state index contributed by atoms with van der Waals surface area (Å²) in [6, 6.07) is 6.09. The molecule has 1 fully saturated rings. The molecule has 0 spiro atoms. The summed E-state index contributed by atoms with van der Waals surface area (Å²) in [6.07, 6.45) is 4.20. The van der Waals surface area contributed by atoms with Crippen LogP contribution in [0.4, 0.5) is 0 Å². The van der Waals surface area contributed by atoms with Crippen molar-refractivity contribution in [2.24, 2.45) is 0 Å². The van der Waals surface area contributed by atoms with Gasteiger partial charge >= 0.3 is 0 Å². The average Bonchev–Trinajstić information content (AvgIpc) is 2.95. The first-order chi connectivity index (χ1) is 10.9. The van der Waals surface area contributed by atoms with Gasteiger partial charge in [0, 0.05) is 11.9 Å². The summed E-state index contributed by atoms with van der Waals surface area (Å²) < 4.78 is 33.4. The van der Waals surface area contributed by atoms with E-state index in [9.17, 15) is 8.42 Å². The van der Waals surface area contributed by atoms with Gasteiger partial charge in [0.05, 0.1) is 10.4 Å². The van der Waals surface area contributed by atoms with Crippen molar-refractivity contribution in [2.75, 3.05) is 0 Å². The number of nitrogens with one attached hydrogen (secondary N) is 1. The van der Waals surface area contributed by atoms with Gasteiger partial charge < -0.3 is 4.52 Å². The zero-order valence-corrected chi connectivity index (χ0v) is 14.3. The number of sulfonamides is 1. The number of hydrogen-bond acceptors (Lipinski definition) is 5. The van der Waals surface area contributed by atoms with Crippen molar-refractivity contribution in [1.82, 2.24) is 14.9 Å². The van der Waals surface area contributed by atoms with Gasteiger partial charge in [-0.05, 0) is 37.1 Å². The topological polar surface area (TPSA) is 85.1 Å². The molecule has 2 aromatic rings. The van der Waals surface area contributed by atoms with Gasteiger partial charge in [-0.1, -0.05) is 36.0 Å². The molecule has 23 heavy (non-hydrogen) atoms. The minimum absolute atomic E-state index is 0.173. The van der Waals surface area contributed by atoms with E-state index in [1.807, 2.05) is 0 Å². The van der Waals surface area contributed by atoms with E-state index in [0.29, 0.717) is 29.6 Å². The maximum Gasteiger partial charge on any atom is 0.241 e. The SMILES string of the molecule is Cc1nc(C2(NS(=O)(=O)c3ccc(Cl)cc3)CCCCC2)no1. The third-order valence-corrected chi connectivity index (χ3v) is 5.92. The van der Waals surface area contributed by atoms with Gasteiger partial charge in [-0.3, -0.25) is 0 Å². The molecule has 8 heteroatoms. The summed E-state index contributed by atoms with van der Waals surface area (Å²) in [6.45, 7) is 1.70. The molecule has 6 nitrogen and oxygen atoms in total. The molecular formula is C15H18ClN3O3S. The van der Waals surface area contributed by atoms with Crippen LogP contribution in [0.15, 0.2) is 33.7 Å². The molecule has 1 saturated carbocycles. The Hall–Kier alpha value is -1.44. The molecule has 0 saturated heterocycles. The van der Waals surface area contributed by atoms with Crippen LogP contribution in [0.3, 0.4) is 0 Å². The number of nitrogens with zero attached hydrogens (tertiary/aromatic N) is 2. The van der Waals surface area contributed by atoms with E-state index < -0.39 is 15.6 Å². The lowest BCUT2D eigenvalue weighted by atomic mass is 9.82. The Kier molecular flexibility index (Phi) is 4.44. The van der Waals surface area contributed by atoms with Crippen LogP contribution in [-0.2, 0) is 15.6 Å². The van der Waals surface area contributed by atoms with Crippen LogP contribution in [0.2, 0.25) is 5.02 Å². The standard InChI is InChI=1S/C15H18ClN3O3S/c1-11-17-14(18-22-11)15(9-3-2-4-10-15)19-23(20,21)13-7-5-12(16)6-8-13/h5-8,19H,2-4,9-10H2,1H3. The number of halogens is 1. The Morgan fingerprint density at radius 3 is 2.39 bits per heavy atom. The molecule has 0 aliphatic heterocycles. The van der Waals surface area contributed by atoms with Gasteiger partial charge in [-0.25, -0.2) is 8.42 Å². The van der Waals surface area contributed by atoms with Gasteiger partial charge in [-0.15, -0.1) is 0 Å². The smallest absolute Gasteiger partial charge is 0.241 e. The molecule has 0 atom stereocenters. The molecule has 0 radical (unpaired) electrons. The van der Waals surface area contributed by atoms with Crippen LogP contribution in [0.5, 0.6) is 0 Å². The lowest BCUT2D eigenvalue weighted by Gasteiger charge is -2.34. The van der Waals surface area contributed by atoms with Crippen LogP contribution < -0.4 is 4.72 Å². The van der Waals surface area contributed by atoms with Gasteiger partial charge in [0.1, 0.15) is 0 Å².